The van der Waals surface area contributed by atoms with Gasteiger partial charge in [-0.05, 0) is 29.9 Å². The summed E-state index contributed by atoms with van der Waals surface area (Å²) in [6, 6.07) is 28.2. The number of hydrogen-bond acceptors (Lipinski definition) is 4. The molecule has 1 aliphatic heterocycles. The number of benzene rings is 3. The minimum absolute atomic E-state index is 0.193. The lowest BCUT2D eigenvalue weighted by Gasteiger charge is -2.07. The average Bonchev–Trinajstić information content (AvgIpc) is 3.28. The minimum atomic E-state index is 0.193. The first-order chi connectivity index (χ1) is 14.7. The molecule has 0 radical (unpaired) electrons. The highest BCUT2D eigenvalue weighted by atomic mass is 32.1. The van der Waals surface area contributed by atoms with Gasteiger partial charge in [-0.1, -0.05) is 78.9 Å². The van der Waals surface area contributed by atoms with Gasteiger partial charge in [0.25, 0.3) is 0 Å². The van der Waals surface area contributed by atoms with E-state index in [1.165, 1.54) is 11.3 Å². The highest BCUT2D eigenvalue weighted by molar-refractivity contribution is 7.73. The molecule has 1 aromatic heterocycles. The summed E-state index contributed by atoms with van der Waals surface area (Å²) in [5.41, 5.74) is 6.05. The molecule has 0 fully saturated rings. The van der Waals surface area contributed by atoms with Crippen molar-refractivity contribution in [2.45, 2.75) is 6.54 Å². The standard InChI is InChI=1S/C25H18N2OS2/c28-24-22(30-25(29)27(24)16-17-9-3-1-4-10-17)15-20-19-13-7-8-14-21(19)26-23(20)18-11-5-2-6-12-18/h1-15,28H,16H2/b20-15-. The Morgan fingerprint density at radius 3 is 2.33 bits per heavy atom. The van der Waals surface area contributed by atoms with Crippen LogP contribution in [-0.4, -0.2) is 15.4 Å². The van der Waals surface area contributed by atoms with E-state index in [-0.39, 0.29) is 5.88 Å². The molecule has 0 spiro atoms. The molecular formula is C25H18N2OS2. The van der Waals surface area contributed by atoms with Crippen LogP contribution in [0.15, 0.2) is 89.9 Å². The van der Waals surface area contributed by atoms with Crippen molar-refractivity contribution in [1.29, 1.82) is 0 Å². The summed E-state index contributed by atoms with van der Waals surface area (Å²) < 4.78 is 2.43. The van der Waals surface area contributed by atoms with Crippen LogP contribution < -0.4 is 0 Å². The lowest BCUT2D eigenvalue weighted by Crippen LogP contribution is -2.00. The smallest absolute Gasteiger partial charge is 0.210 e. The number of nitrogens with zero attached hydrogens (tertiary/aromatic N) is 2. The number of hydrogen-bond donors (Lipinski definition) is 1. The Labute approximate surface area is 183 Å². The monoisotopic (exact) mass is 426 g/mol. The Balaban J connectivity index is 1.61. The van der Waals surface area contributed by atoms with Crippen molar-refractivity contribution in [2.24, 2.45) is 4.99 Å². The molecule has 1 aliphatic rings. The Hall–Kier alpha value is -3.28. The van der Waals surface area contributed by atoms with Gasteiger partial charge in [-0.25, -0.2) is 4.99 Å². The van der Waals surface area contributed by atoms with Crippen LogP contribution in [0.1, 0.15) is 21.6 Å². The van der Waals surface area contributed by atoms with Crippen LogP contribution >= 0.6 is 23.6 Å². The fourth-order valence-corrected chi connectivity index (χ4v) is 4.86. The number of fused-ring (bicyclic) bond motifs is 1. The largest absolute Gasteiger partial charge is 0.493 e. The predicted molar refractivity (Wildman–Crippen MR) is 127 cm³/mol. The zero-order valence-corrected chi connectivity index (χ0v) is 17.7. The fraction of sp³-hybridized carbons (Fsp3) is 0.0400. The van der Waals surface area contributed by atoms with Gasteiger partial charge in [0.1, 0.15) is 0 Å². The van der Waals surface area contributed by atoms with Crippen molar-refractivity contribution >= 4 is 46.6 Å². The summed E-state index contributed by atoms with van der Waals surface area (Å²) in [4.78, 5) is 5.61. The van der Waals surface area contributed by atoms with Crippen LogP contribution in [0.3, 0.4) is 0 Å². The van der Waals surface area contributed by atoms with E-state index in [0.29, 0.717) is 10.5 Å². The molecule has 30 heavy (non-hydrogen) atoms. The molecule has 2 heterocycles. The average molecular weight is 427 g/mol. The number of aliphatic imine (C=N–C) groups is 1. The van der Waals surface area contributed by atoms with Crippen molar-refractivity contribution in [2.75, 3.05) is 0 Å². The first kappa shape index (κ1) is 18.7. The Bertz CT molecular complexity index is 1330. The van der Waals surface area contributed by atoms with Gasteiger partial charge >= 0.3 is 0 Å². The first-order valence-electron chi connectivity index (χ1n) is 9.63. The van der Waals surface area contributed by atoms with E-state index < -0.39 is 0 Å². The summed E-state index contributed by atoms with van der Waals surface area (Å²) in [6.07, 6.45) is 2.01. The predicted octanol–water partition coefficient (Wildman–Crippen LogP) is 6.71. The lowest BCUT2D eigenvalue weighted by atomic mass is 9.97. The van der Waals surface area contributed by atoms with Crippen LogP contribution in [-0.2, 0) is 6.54 Å². The molecule has 0 amide bonds. The Morgan fingerprint density at radius 1 is 0.900 bits per heavy atom. The maximum atomic E-state index is 11.0. The Kier molecular flexibility index (Phi) is 4.91. The van der Waals surface area contributed by atoms with Crippen molar-refractivity contribution in [3.63, 3.8) is 0 Å². The minimum Gasteiger partial charge on any atom is -0.493 e. The zero-order chi connectivity index (χ0) is 20.5. The molecule has 5 rings (SSSR count). The van der Waals surface area contributed by atoms with Gasteiger partial charge in [-0.15, -0.1) is 11.3 Å². The van der Waals surface area contributed by atoms with Crippen LogP contribution in [0, 0.1) is 3.95 Å². The molecule has 4 aromatic rings. The summed E-state index contributed by atoms with van der Waals surface area (Å²) >= 11 is 6.98. The molecule has 3 nitrogen and oxygen atoms in total. The van der Waals surface area contributed by atoms with Gasteiger partial charge in [0.2, 0.25) is 5.88 Å². The number of aromatic hydroxyl groups is 1. The van der Waals surface area contributed by atoms with E-state index in [2.05, 4.69) is 18.2 Å². The molecule has 0 bridgehead atoms. The highest BCUT2D eigenvalue weighted by Gasteiger charge is 2.23. The molecule has 3 aromatic carbocycles. The molecule has 0 saturated carbocycles. The summed E-state index contributed by atoms with van der Waals surface area (Å²) in [6.45, 7) is 0.543. The fourth-order valence-electron chi connectivity index (χ4n) is 3.61. The van der Waals surface area contributed by atoms with Crippen LogP contribution in [0.25, 0.3) is 11.6 Å². The normalized spacial score (nSPS) is 14.0. The van der Waals surface area contributed by atoms with Gasteiger partial charge in [-0.3, -0.25) is 4.57 Å². The number of allylic oxidation sites excluding steroid dienone is 1. The topological polar surface area (TPSA) is 37.5 Å². The van der Waals surface area contributed by atoms with Gasteiger partial charge < -0.3 is 5.11 Å². The zero-order valence-electron chi connectivity index (χ0n) is 16.0. The lowest BCUT2D eigenvalue weighted by molar-refractivity contribution is 0.422. The van der Waals surface area contributed by atoms with Crippen LogP contribution in [0.5, 0.6) is 5.88 Å². The Morgan fingerprint density at radius 2 is 1.57 bits per heavy atom. The van der Waals surface area contributed by atoms with E-state index in [4.69, 9.17) is 17.2 Å². The van der Waals surface area contributed by atoms with Crippen LogP contribution in [0.4, 0.5) is 5.69 Å². The maximum Gasteiger partial charge on any atom is 0.210 e. The van der Waals surface area contributed by atoms with Gasteiger partial charge in [-0.2, -0.15) is 0 Å². The van der Waals surface area contributed by atoms with Crippen molar-refractivity contribution in [1.82, 2.24) is 4.57 Å². The van der Waals surface area contributed by atoms with E-state index in [0.717, 1.165) is 38.5 Å². The molecule has 1 N–H and O–H groups in total. The van der Waals surface area contributed by atoms with Crippen molar-refractivity contribution in [3.8, 4) is 5.88 Å². The maximum absolute atomic E-state index is 11.0. The molecule has 0 atom stereocenters. The molecule has 0 unspecified atom stereocenters. The second-order valence-corrected chi connectivity index (χ2v) is 8.70. The van der Waals surface area contributed by atoms with Crippen molar-refractivity contribution in [3.05, 3.63) is 110 Å². The number of aromatic nitrogens is 1. The molecule has 5 heteroatoms. The van der Waals surface area contributed by atoms with E-state index in [1.54, 1.807) is 4.57 Å². The quantitative estimate of drug-likeness (QED) is 0.368. The number of para-hydroxylation sites is 1. The summed E-state index contributed by atoms with van der Waals surface area (Å²) in [7, 11) is 0. The van der Waals surface area contributed by atoms with E-state index >= 15 is 0 Å². The first-order valence-corrected chi connectivity index (χ1v) is 10.9. The molecule has 146 valence electrons. The second-order valence-electron chi connectivity index (χ2n) is 7.03. The van der Waals surface area contributed by atoms with Crippen LogP contribution in [0.2, 0.25) is 0 Å². The second kappa shape index (κ2) is 7.86. The van der Waals surface area contributed by atoms with Gasteiger partial charge in [0.15, 0.2) is 3.95 Å². The summed E-state index contributed by atoms with van der Waals surface area (Å²) in [5.74, 6) is 0.193. The van der Waals surface area contributed by atoms with E-state index in [9.17, 15) is 5.11 Å². The van der Waals surface area contributed by atoms with Gasteiger partial charge in [0.05, 0.1) is 22.8 Å². The van der Waals surface area contributed by atoms with E-state index in [1.807, 2.05) is 72.8 Å². The third-order valence-electron chi connectivity index (χ3n) is 5.08. The van der Waals surface area contributed by atoms with Crippen molar-refractivity contribution < 1.29 is 5.11 Å². The third-order valence-corrected chi connectivity index (χ3v) is 6.47. The molecular weight excluding hydrogens is 408 g/mol. The molecule has 0 saturated heterocycles. The SMILES string of the molecule is Oc1c(/C=C2\C(c3ccccc3)=Nc3ccccc32)sc(=S)n1Cc1ccccc1. The van der Waals surface area contributed by atoms with Gasteiger partial charge in [0, 0.05) is 16.7 Å². The third kappa shape index (κ3) is 3.43. The molecule has 0 aliphatic carbocycles. The summed E-state index contributed by atoms with van der Waals surface area (Å²) in [5, 5.41) is 11.0. The number of thiazole rings is 1. The number of rotatable bonds is 4. The highest BCUT2D eigenvalue weighted by Crippen LogP contribution is 2.40.